The average Bonchev–Trinajstić information content (AvgIpc) is 2.59. The van der Waals surface area contributed by atoms with Crippen LogP contribution in [0.25, 0.3) is 0 Å². The molecule has 1 aromatic heterocycles. The van der Waals surface area contributed by atoms with Crippen molar-refractivity contribution < 1.29 is 14.3 Å². The third-order valence-electron chi connectivity index (χ3n) is 3.94. The number of ether oxygens (including phenoxy) is 2. The highest BCUT2D eigenvalue weighted by molar-refractivity contribution is 6.03. The molecule has 1 aromatic carbocycles. The van der Waals surface area contributed by atoms with Gasteiger partial charge in [-0.25, -0.2) is 4.79 Å². The van der Waals surface area contributed by atoms with E-state index >= 15 is 0 Å². The molecule has 7 heteroatoms. The summed E-state index contributed by atoms with van der Waals surface area (Å²) < 4.78 is 12.7. The lowest BCUT2D eigenvalue weighted by Gasteiger charge is -2.35. The maximum Gasteiger partial charge on any atom is 0.349 e. The fraction of sp³-hybridized carbons (Fsp3) is 0.389. The molecule has 25 heavy (non-hydrogen) atoms. The Hall–Kier alpha value is -2.51. The van der Waals surface area contributed by atoms with Crippen LogP contribution < -0.4 is 11.0 Å². The first kappa shape index (κ1) is 17.3. The molecule has 1 aliphatic heterocycles. The molecular weight excluding hydrogens is 322 g/mol. The van der Waals surface area contributed by atoms with Gasteiger partial charge in [0.05, 0.1) is 13.2 Å². The number of carbonyl (C=O) groups is 1. The molecule has 0 atom stereocenters. The van der Waals surface area contributed by atoms with Crippen LogP contribution in [-0.2, 0) is 16.0 Å². The van der Waals surface area contributed by atoms with Crippen molar-refractivity contribution in [3.05, 3.63) is 58.6 Å². The lowest BCUT2D eigenvalue weighted by molar-refractivity contribution is -0.263. The summed E-state index contributed by atoms with van der Waals surface area (Å²) in [5, 5.41) is 2.63. The minimum atomic E-state index is -0.578. The van der Waals surface area contributed by atoms with Crippen LogP contribution in [0, 0.1) is 5.92 Å². The van der Waals surface area contributed by atoms with Crippen LogP contribution in [-0.4, -0.2) is 34.5 Å². The predicted octanol–water partition coefficient (Wildman–Crippen LogP) is 1.89. The fourth-order valence-corrected chi connectivity index (χ4v) is 2.53. The second kappa shape index (κ2) is 7.16. The molecule has 0 spiro atoms. The molecule has 1 amide bonds. The number of hydrogen-bond acceptors (Lipinski definition) is 5. The van der Waals surface area contributed by atoms with E-state index in [1.165, 1.54) is 4.57 Å². The number of aromatic nitrogens is 2. The van der Waals surface area contributed by atoms with Crippen molar-refractivity contribution in [3.8, 4) is 0 Å². The highest BCUT2D eigenvalue weighted by atomic mass is 16.7. The molecule has 0 bridgehead atoms. The minimum absolute atomic E-state index is 0.0808. The zero-order chi connectivity index (χ0) is 17.9. The first-order valence-corrected chi connectivity index (χ1v) is 8.15. The van der Waals surface area contributed by atoms with Gasteiger partial charge in [-0.05, 0) is 32.0 Å². The Bertz CT molecular complexity index is 791. The van der Waals surface area contributed by atoms with Crippen LogP contribution in [0.4, 0.5) is 5.82 Å². The summed E-state index contributed by atoms with van der Waals surface area (Å²) in [6, 6.07) is 10.4. The SMILES string of the molecule is CC1(C)OCC(Cn2ccc(NC(=O)c3ccccc3)nc2=O)CO1. The van der Waals surface area contributed by atoms with Gasteiger partial charge in [-0.1, -0.05) is 18.2 Å². The zero-order valence-corrected chi connectivity index (χ0v) is 14.3. The van der Waals surface area contributed by atoms with Crippen LogP contribution in [0.15, 0.2) is 47.4 Å². The topological polar surface area (TPSA) is 82.5 Å². The first-order chi connectivity index (χ1) is 11.9. The van der Waals surface area contributed by atoms with E-state index in [0.717, 1.165) is 0 Å². The molecule has 0 saturated carbocycles. The van der Waals surface area contributed by atoms with Gasteiger partial charge in [0.15, 0.2) is 5.79 Å². The smallest absolute Gasteiger partial charge is 0.349 e. The summed E-state index contributed by atoms with van der Waals surface area (Å²) in [6.45, 7) is 5.22. The first-order valence-electron chi connectivity index (χ1n) is 8.15. The van der Waals surface area contributed by atoms with Gasteiger partial charge in [-0.3, -0.25) is 9.36 Å². The van der Waals surface area contributed by atoms with Gasteiger partial charge in [-0.2, -0.15) is 4.98 Å². The monoisotopic (exact) mass is 343 g/mol. The molecule has 0 unspecified atom stereocenters. The number of benzene rings is 1. The average molecular weight is 343 g/mol. The lowest BCUT2D eigenvalue weighted by atomic mass is 10.1. The Morgan fingerprint density at radius 3 is 2.56 bits per heavy atom. The normalized spacial score (nSPS) is 17.2. The number of nitrogens with one attached hydrogen (secondary N) is 1. The summed E-state index contributed by atoms with van der Waals surface area (Å²) in [5.41, 5.74) is 0.0864. The van der Waals surface area contributed by atoms with Crippen molar-refractivity contribution in [2.75, 3.05) is 18.5 Å². The Labute approximate surface area is 145 Å². The number of hydrogen-bond donors (Lipinski definition) is 1. The van der Waals surface area contributed by atoms with E-state index in [1.807, 2.05) is 19.9 Å². The van der Waals surface area contributed by atoms with Crippen molar-refractivity contribution >= 4 is 11.7 Å². The molecule has 1 N–H and O–H groups in total. The van der Waals surface area contributed by atoms with E-state index in [-0.39, 0.29) is 17.6 Å². The predicted molar refractivity (Wildman–Crippen MR) is 92.4 cm³/mol. The third-order valence-corrected chi connectivity index (χ3v) is 3.94. The van der Waals surface area contributed by atoms with Gasteiger partial charge in [-0.15, -0.1) is 0 Å². The number of nitrogens with zero attached hydrogens (tertiary/aromatic N) is 2. The third kappa shape index (κ3) is 4.52. The van der Waals surface area contributed by atoms with Crippen LogP contribution >= 0.6 is 0 Å². The van der Waals surface area contributed by atoms with Crippen molar-refractivity contribution in [3.63, 3.8) is 0 Å². The van der Waals surface area contributed by atoms with Gasteiger partial charge in [0.25, 0.3) is 5.91 Å². The van der Waals surface area contributed by atoms with E-state index in [4.69, 9.17) is 9.47 Å². The largest absolute Gasteiger partial charge is 0.350 e. The molecule has 132 valence electrons. The molecule has 0 radical (unpaired) electrons. The van der Waals surface area contributed by atoms with Crippen LogP contribution in [0.1, 0.15) is 24.2 Å². The summed E-state index contributed by atoms with van der Waals surface area (Å²) in [6.07, 6.45) is 1.62. The molecule has 1 saturated heterocycles. The Balaban J connectivity index is 1.63. The number of amides is 1. The van der Waals surface area contributed by atoms with Gasteiger partial charge in [0.2, 0.25) is 0 Å². The summed E-state index contributed by atoms with van der Waals surface area (Å²) in [4.78, 5) is 28.2. The lowest BCUT2D eigenvalue weighted by Crippen LogP contribution is -2.41. The van der Waals surface area contributed by atoms with Crippen molar-refractivity contribution in [2.24, 2.45) is 5.92 Å². The molecule has 1 aliphatic rings. The second-order valence-electron chi connectivity index (χ2n) is 6.46. The van der Waals surface area contributed by atoms with Crippen LogP contribution in [0.2, 0.25) is 0 Å². The molecular formula is C18H21N3O4. The molecule has 1 fully saturated rings. The quantitative estimate of drug-likeness (QED) is 0.917. The van der Waals surface area contributed by atoms with E-state index < -0.39 is 11.5 Å². The minimum Gasteiger partial charge on any atom is -0.350 e. The molecule has 3 rings (SSSR count). The van der Waals surface area contributed by atoms with Gasteiger partial charge in [0, 0.05) is 24.2 Å². The maximum absolute atomic E-state index is 12.2. The molecule has 2 heterocycles. The second-order valence-corrected chi connectivity index (χ2v) is 6.46. The van der Waals surface area contributed by atoms with Crippen molar-refractivity contribution in [1.29, 1.82) is 0 Å². The Morgan fingerprint density at radius 1 is 1.24 bits per heavy atom. The Morgan fingerprint density at radius 2 is 1.92 bits per heavy atom. The van der Waals surface area contributed by atoms with Crippen LogP contribution in [0.3, 0.4) is 0 Å². The zero-order valence-electron chi connectivity index (χ0n) is 14.3. The van der Waals surface area contributed by atoms with Gasteiger partial charge in [0.1, 0.15) is 5.82 Å². The molecule has 0 aliphatic carbocycles. The standard InChI is InChI=1S/C18H21N3O4/c1-18(2)24-11-13(12-25-18)10-21-9-8-15(20-17(21)23)19-16(22)14-6-4-3-5-7-14/h3-9,13H,10-12H2,1-2H3,(H,19,20,22,23). The molecule has 7 nitrogen and oxygen atoms in total. The van der Waals surface area contributed by atoms with E-state index in [0.29, 0.717) is 25.3 Å². The van der Waals surface area contributed by atoms with Crippen molar-refractivity contribution in [1.82, 2.24) is 9.55 Å². The van der Waals surface area contributed by atoms with E-state index in [2.05, 4.69) is 10.3 Å². The van der Waals surface area contributed by atoms with Gasteiger partial charge < -0.3 is 14.8 Å². The maximum atomic E-state index is 12.2. The molecule has 2 aromatic rings. The highest BCUT2D eigenvalue weighted by Crippen LogP contribution is 2.21. The van der Waals surface area contributed by atoms with E-state index in [1.54, 1.807) is 36.5 Å². The van der Waals surface area contributed by atoms with Crippen LogP contribution in [0.5, 0.6) is 0 Å². The summed E-state index contributed by atoms with van der Waals surface area (Å²) >= 11 is 0. The number of anilines is 1. The number of carbonyl (C=O) groups excluding carboxylic acids is 1. The van der Waals surface area contributed by atoms with E-state index in [9.17, 15) is 9.59 Å². The summed E-state index contributed by atoms with van der Waals surface area (Å²) in [5.74, 6) is -0.572. The Kier molecular flexibility index (Phi) is 4.96. The summed E-state index contributed by atoms with van der Waals surface area (Å²) in [7, 11) is 0. The number of rotatable bonds is 4. The fourth-order valence-electron chi connectivity index (χ4n) is 2.53. The highest BCUT2D eigenvalue weighted by Gasteiger charge is 2.28. The van der Waals surface area contributed by atoms with Gasteiger partial charge >= 0.3 is 5.69 Å². The van der Waals surface area contributed by atoms with Crippen molar-refractivity contribution in [2.45, 2.75) is 26.2 Å².